The molecule has 1 heterocycles. The number of fused-ring (bicyclic) bond motifs is 3. The van der Waals surface area contributed by atoms with Crippen LogP contribution in [0.25, 0.3) is 33.3 Å². The lowest BCUT2D eigenvalue weighted by molar-refractivity contribution is 1.22. The summed E-state index contributed by atoms with van der Waals surface area (Å²) >= 11 is 3.61. The Bertz CT molecular complexity index is 765. The van der Waals surface area contributed by atoms with Crippen LogP contribution in [0, 0.1) is 0 Å². The molecular weight excluding hydrogens is 276 g/mol. The van der Waals surface area contributed by atoms with E-state index in [2.05, 4.69) is 56.2 Å². The largest absolute Gasteiger partial charge is 0.252 e. The minimum absolute atomic E-state index is 0.978. The summed E-state index contributed by atoms with van der Waals surface area (Å²) in [7, 11) is 0. The monoisotopic (exact) mass is 282 g/mol. The van der Waals surface area contributed by atoms with Gasteiger partial charge in [0.1, 0.15) is 0 Å². The van der Waals surface area contributed by atoms with E-state index in [0.717, 1.165) is 15.9 Å². The van der Waals surface area contributed by atoms with Gasteiger partial charge in [-0.25, -0.2) is 0 Å². The van der Waals surface area contributed by atoms with Gasteiger partial charge in [0.05, 0.1) is 11.4 Å². The van der Waals surface area contributed by atoms with Crippen molar-refractivity contribution in [3.63, 3.8) is 0 Å². The van der Waals surface area contributed by atoms with Crippen molar-refractivity contribution < 1.29 is 0 Å². The van der Waals surface area contributed by atoms with Gasteiger partial charge in [-0.2, -0.15) is 0 Å². The maximum atomic E-state index is 4.47. The number of nitrogens with zero attached hydrogens (tertiary/aromatic N) is 2. The molecule has 2 nitrogen and oxygen atoms in total. The zero-order valence-corrected chi connectivity index (χ0v) is 10.4. The van der Waals surface area contributed by atoms with E-state index >= 15 is 0 Å². The summed E-state index contributed by atoms with van der Waals surface area (Å²) in [5.41, 5.74) is 4.31. The summed E-state index contributed by atoms with van der Waals surface area (Å²) < 4.78 is 1.08. The summed E-state index contributed by atoms with van der Waals surface area (Å²) in [5.74, 6) is 0. The smallest absolute Gasteiger partial charge is 0.0983 e. The van der Waals surface area contributed by atoms with E-state index in [9.17, 15) is 0 Å². The van der Waals surface area contributed by atoms with Crippen LogP contribution in [-0.2, 0) is 0 Å². The van der Waals surface area contributed by atoms with Gasteiger partial charge in [-0.05, 0) is 11.5 Å². The highest BCUT2D eigenvalue weighted by Crippen LogP contribution is 2.47. The lowest BCUT2D eigenvalue weighted by Gasteiger charge is -2.03. The third-order valence-corrected chi connectivity index (χ3v) is 3.85. The fourth-order valence-electron chi connectivity index (χ4n) is 2.50. The fraction of sp³-hybridized carbons (Fsp3) is 0. The highest BCUT2D eigenvalue weighted by Gasteiger charge is 2.24. The average Bonchev–Trinajstić information content (AvgIpc) is 2.71. The Hall–Kier alpha value is -1.74. The molecule has 3 heteroatoms. The van der Waals surface area contributed by atoms with Gasteiger partial charge in [0.15, 0.2) is 0 Å². The molecule has 0 unspecified atom stereocenters. The van der Waals surface area contributed by atoms with Crippen molar-refractivity contribution in [3.05, 3.63) is 47.2 Å². The highest BCUT2D eigenvalue weighted by molar-refractivity contribution is 9.10. The van der Waals surface area contributed by atoms with Gasteiger partial charge in [0, 0.05) is 33.4 Å². The van der Waals surface area contributed by atoms with E-state index < -0.39 is 0 Å². The number of aromatic nitrogens is 2. The minimum atomic E-state index is 0.978. The van der Waals surface area contributed by atoms with E-state index in [4.69, 9.17) is 0 Å². The van der Waals surface area contributed by atoms with Crippen LogP contribution in [-0.4, -0.2) is 9.97 Å². The van der Waals surface area contributed by atoms with Crippen LogP contribution in [0.15, 0.2) is 47.2 Å². The summed E-state index contributed by atoms with van der Waals surface area (Å²) in [6.45, 7) is 0. The predicted octanol–water partition coefficient (Wildman–Crippen LogP) is 4.04. The lowest BCUT2D eigenvalue weighted by Crippen LogP contribution is -1.85. The van der Waals surface area contributed by atoms with E-state index in [1.165, 1.54) is 21.9 Å². The molecule has 1 aliphatic rings. The number of rotatable bonds is 0. The molecule has 80 valence electrons. The molecule has 0 aliphatic heterocycles. The van der Waals surface area contributed by atoms with Crippen LogP contribution in [0.3, 0.4) is 0 Å². The number of benzene rings is 2. The van der Waals surface area contributed by atoms with Crippen molar-refractivity contribution in [2.45, 2.75) is 0 Å². The summed E-state index contributed by atoms with van der Waals surface area (Å²) in [4.78, 5) is 8.92. The molecule has 0 saturated carbocycles. The molecule has 2 aromatic carbocycles. The maximum absolute atomic E-state index is 4.47. The van der Waals surface area contributed by atoms with Gasteiger partial charge in [-0.3, -0.25) is 9.97 Å². The van der Waals surface area contributed by atoms with E-state index in [1.54, 1.807) is 12.4 Å². The van der Waals surface area contributed by atoms with Crippen molar-refractivity contribution in [1.29, 1.82) is 0 Å². The number of halogens is 1. The Labute approximate surface area is 106 Å². The topological polar surface area (TPSA) is 25.8 Å². The molecule has 1 aliphatic carbocycles. The molecule has 0 spiro atoms. The molecule has 0 bridgehead atoms. The molecule has 17 heavy (non-hydrogen) atoms. The predicted molar refractivity (Wildman–Crippen MR) is 71.7 cm³/mol. The molecule has 0 saturated heterocycles. The molecular formula is C14H7BrN2. The molecule has 3 aromatic rings. The van der Waals surface area contributed by atoms with Crippen LogP contribution >= 0.6 is 15.9 Å². The maximum Gasteiger partial charge on any atom is 0.0983 e. The van der Waals surface area contributed by atoms with Gasteiger partial charge in [-0.15, -0.1) is 0 Å². The van der Waals surface area contributed by atoms with Crippen molar-refractivity contribution in [2.75, 3.05) is 0 Å². The summed E-state index contributed by atoms with van der Waals surface area (Å²) in [6.07, 6.45) is 3.49. The Morgan fingerprint density at radius 2 is 1.71 bits per heavy atom. The first kappa shape index (κ1) is 9.31. The molecule has 4 rings (SSSR count). The lowest BCUT2D eigenvalue weighted by atomic mass is 10.0. The van der Waals surface area contributed by atoms with Crippen molar-refractivity contribution >= 4 is 26.7 Å². The van der Waals surface area contributed by atoms with E-state index in [-0.39, 0.29) is 0 Å². The van der Waals surface area contributed by atoms with Gasteiger partial charge >= 0.3 is 0 Å². The molecule has 0 amide bonds. The van der Waals surface area contributed by atoms with Crippen LogP contribution in [0.1, 0.15) is 0 Å². The van der Waals surface area contributed by atoms with Gasteiger partial charge in [0.25, 0.3) is 0 Å². The number of hydrogen-bond donors (Lipinski definition) is 0. The molecule has 0 N–H and O–H groups in total. The van der Waals surface area contributed by atoms with E-state index in [0.29, 0.717) is 0 Å². The first-order chi connectivity index (χ1) is 8.36. The van der Waals surface area contributed by atoms with Crippen molar-refractivity contribution in [2.24, 2.45) is 0 Å². The third-order valence-electron chi connectivity index (χ3n) is 3.18. The van der Waals surface area contributed by atoms with Gasteiger partial charge in [-0.1, -0.05) is 40.2 Å². The number of hydrogen-bond acceptors (Lipinski definition) is 2. The fourth-order valence-corrected chi connectivity index (χ4v) is 3.02. The zero-order chi connectivity index (χ0) is 11.4. The highest BCUT2D eigenvalue weighted by atomic mass is 79.9. The normalized spacial score (nSPS) is 11.8. The van der Waals surface area contributed by atoms with Crippen molar-refractivity contribution in [3.8, 4) is 22.5 Å². The Balaban J connectivity index is 2.33. The Kier molecular flexibility index (Phi) is 1.72. The van der Waals surface area contributed by atoms with Crippen molar-refractivity contribution in [1.82, 2.24) is 9.97 Å². The quantitative estimate of drug-likeness (QED) is 0.486. The van der Waals surface area contributed by atoms with Crippen LogP contribution in [0.2, 0.25) is 0 Å². The SMILES string of the molecule is Brc1ccc2cccc3c2c1-c1nccnc1-3. The first-order valence-corrected chi connectivity index (χ1v) is 6.18. The summed E-state index contributed by atoms with van der Waals surface area (Å²) in [5, 5.41) is 2.49. The van der Waals surface area contributed by atoms with Gasteiger partial charge in [0.2, 0.25) is 0 Å². The summed E-state index contributed by atoms with van der Waals surface area (Å²) in [6, 6.07) is 10.5. The first-order valence-electron chi connectivity index (χ1n) is 5.39. The van der Waals surface area contributed by atoms with Crippen LogP contribution in [0.5, 0.6) is 0 Å². The Morgan fingerprint density at radius 1 is 0.882 bits per heavy atom. The van der Waals surface area contributed by atoms with Crippen LogP contribution in [0.4, 0.5) is 0 Å². The molecule has 1 aromatic heterocycles. The van der Waals surface area contributed by atoms with Gasteiger partial charge < -0.3 is 0 Å². The molecule has 0 fully saturated rings. The minimum Gasteiger partial charge on any atom is -0.252 e. The second-order valence-corrected chi connectivity index (χ2v) is 4.93. The molecule has 0 atom stereocenters. The zero-order valence-electron chi connectivity index (χ0n) is 8.81. The third kappa shape index (κ3) is 1.09. The standard InChI is InChI=1S/C14H7BrN2/c15-10-5-4-8-2-1-3-9-11(8)12(10)14-13(9)16-6-7-17-14/h1-7H. The Morgan fingerprint density at radius 3 is 2.59 bits per heavy atom. The second-order valence-electron chi connectivity index (χ2n) is 4.08. The van der Waals surface area contributed by atoms with E-state index in [1.807, 2.05) is 0 Å². The average molecular weight is 283 g/mol. The van der Waals surface area contributed by atoms with Crippen LogP contribution < -0.4 is 0 Å². The molecule has 0 radical (unpaired) electrons. The second kappa shape index (κ2) is 3.14.